The van der Waals surface area contributed by atoms with Gasteiger partial charge in [0.25, 0.3) is 0 Å². The van der Waals surface area contributed by atoms with Gasteiger partial charge in [0.2, 0.25) is 5.91 Å². The van der Waals surface area contributed by atoms with Crippen molar-refractivity contribution < 1.29 is 61.9 Å². The lowest BCUT2D eigenvalue weighted by molar-refractivity contribution is -0.446. The fourth-order valence-electron chi connectivity index (χ4n) is 3.29. The second-order valence-corrected chi connectivity index (χ2v) is 6.55. The van der Waals surface area contributed by atoms with E-state index in [0.717, 1.165) is 0 Å². The Bertz CT molecular complexity index is 685. The first-order valence-corrected chi connectivity index (χ1v) is 8.04. The van der Waals surface area contributed by atoms with Crippen LogP contribution in [0.5, 0.6) is 0 Å². The summed E-state index contributed by atoms with van der Waals surface area (Å²) in [5.74, 6) is -38.9. The third kappa shape index (κ3) is 3.05. The molecule has 1 aliphatic rings. The van der Waals surface area contributed by atoms with Gasteiger partial charge < -0.3 is 4.90 Å². The van der Waals surface area contributed by atoms with Crippen LogP contribution in [0.4, 0.5) is 57.1 Å². The number of amides is 1. The highest BCUT2D eigenvalue weighted by Crippen LogP contribution is 2.63. The van der Waals surface area contributed by atoms with E-state index in [1.54, 1.807) is 0 Å². The van der Waals surface area contributed by atoms with Gasteiger partial charge in [0.1, 0.15) is 5.54 Å². The predicted octanol–water partition coefficient (Wildman–Crippen LogP) is 5.68. The molecule has 0 aliphatic carbocycles. The lowest BCUT2D eigenvalue weighted by Crippen LogP contribution is -2.75. The molecule has 1 amide bonds. The number of nitrogens with zero attached hydrogens (tertiary/aromatic N) is 1. The third-order valence-electron chi connectivity index (χ3n) is 5.03. The van der Waals surface area contributed by atoms with Gasteiger partial charge in [0.15, 0.2) is 0 Å². The van der Waals surface area contributed by atoms with Crippen molar-refractivity contribution in [1.82, 2.24) is 4.90 Å². The van der Waals surface area contributed by atoms with Crippen molar-refractivity contribution in [3.8, 4) is 0 Å². The van der Waals surface area contributed by atoms with E-state index in [0.29, 0.717) is 13.0 Å². The minimum absolute atomic E-state index is 0.0654. The van der Waals surface area contributed by atoms with Gasteiger partial charge >= 0.3 is 35.8 Å². The Hall–Kier alpha value is -1.70. The molecule has 1 fully saturated rings. The molecule has 1 unspecified atom stereocenters. The SMILES string of the molecule is C=CC(=O)N1CCCC1(CC)C(F)(F)C(F)(F)C(F)(F)C(F)(F)C(F)(F)C(F)(F)F. The quantitative estimate of drug-likeness (QED) is 0.346. The molecule has 0 bridgehead atoms. The number of likely N-dealkylation sites (tertiary alicyclic amines) is 1. The molecule has 1 rings (SSSR count). The highest BCUT2D eigenvalue weighted by molar-refractivity contribution is 5.88. The van der Waals surface area contributed by atoms with Gasteiger partial charge in [-0.3, -0.25) is 4.79 Å². The number of hydrogen-bond acceptors (Lipinski definition) is 1. The van der Waals surface area contributed by atoms with Crippen LogP contribution in [0.15, 0.2) is 12.7 Å². The van der Waals surface area contributed by atoms with E-state index >= 15 is 0 Å². The summed E-state index contributed by atoms with van der Waals surface area (Å²) in [6, 6.07) is 0. The Morgan fingerprint density at radius 2 is 1.30 bits per heavy atom. The second kappa shape index (κ2) is 7.18. The molecule has 1 atom stereocenters. The number of carbonyl (C=O) groups is 1. The van der Waals surface area contributed by atoms with Crippen LogP contribution in [0.25, 0.3) is 0 Å². The molecular formula is C15H14F13NO. The van der Waals surface area contributed by atoms with Crippen LogP contribution >= 0.6 is 0 Å². The lowest BCUT2D eigenvalue weighted by atomic mass is 9.78. The summed E-state index contributed by atoms with van der Waals surface area (Å²) in [4.78, 5) is 11.7. The van der Waals surface area contributed by atoms with Crippen LogP contribution in [0.3, 0.4) is 0 Å². The van der Waals surface area contributed by atoms with Crippen molar-refractivity contribution in [2.24, 2.45) is 0 Å². The van der Waals surface area contributed by atoms with Crippen molar-refractivity contribution in [2.45, 2.75) is 67.5 Å². The van der Waals surface area contributed by atoms with Gasteiger partial charge in [0.05, 0.1) is 0 Å². The maximum atomic E-state index is 14.7. The van der Waals surface area contributed by atoms with E-state index in [9.17, 15) is 61.9 Å². The smallest absolute Gasteiger partial charge is 0.327 e. The fourth-order valence-corrected chi connectivity index (χ4v) is 3.29. The van der Waals surface area contributed by atoms with Crippen molar-refractivity contribution in [1.29, 1.82) is 0 Å². The Kier molecular flexibility index (Phi) is 6.30. The summed E-state index contributed by atoms with van der Waals surface area (Å²) in [5.41, 5.74) is -3.57. The Morgan fingerprint density at radius 1 is 0.867 bits per heavy atom. The molecule has 0 N–H and O–H groups in total. The number of alkyl halides is 13. The Labute approximate surface area is 160 Å². The standard InChI is InChI=1S/C15H14F13NO/c1-3-8(30)29-7-5-6-9(29,4-2)10(16,17)11(18,19)12(20,21)13(22,23)14(24,25)15(26,27)28/h3H,1,4-7H2,2H3. The summed E-state index contributed by atoms with van der Waals surface area (Å²) in [6.07, 6.45) is -10.0. The van der Waals surface area contributed by atoms with E-state index in [4.69, 9.17) is 0 Å². The van der Waals surface area contributed by atoms with Crippen molar-refractivity contribution >= 4 is 5.91 Å². The number of hydrogen-bond donors (Lipinski definition) is 0. The molecule has 1 heterocycles. The first-order chi connectivity index (χ1) is 13.1. The van der Waals surface area contributed by atoms with E-state index < -0.39 is 73.0 Å². The molecule has 0 spiro atoms. The van der Waals surface area contributed by atoms with Crippen molar-refractivity contribution in [3.63, 3.8) is 0 Å². The first kappa shape index (κ1) is 26.3. The highest BCUT2D eigenvalue weighted by Gasteiger charge is 2.92. The zero-order valence-corrected chi connectivity index (χ0v) is 14.9. The summed E-state index contributed by atoms with van der Waals surface area (Å²) >= 11 is 0. The normalized spacial score (nSPS) is 22.4. The first-order valence-electron chi connectivity index (χ1n) is 8.04. The number of rotatable bonds is 7. The second-order valence-electron chi connectivity index (χ2n) is 6.55. The van der Waals surface area contributed by atoms with Crippen LogP contribution in [-0.2, 0) is 4.79 Å². The molecule has 0 aromatic rings. The van der Waals surface area contributed by atoms with Gasteiger partial charge in [-0.05, 0) is 25.3 Å². The zero-order valence-electron chi connectivity index (χ0n) is 14.9. The van der Waals surface area contributed by atoms with Crippen LogP contribution in [0.2, 0.25) is 0 Å². The minimum Gasteiger partial charge on any atom is -0.327 e. The van der Waals surface area contributed by atoms with Crippen LogP contribution in [0, 0.1) is 0 Å². The van der Waals surface area contributed by atoms with Crippen LogP contribution in [0.1, 0.15) is 26.2 Å². The fraction of sp³-hybridized carbons (Fsp3) is 0.800. The van der Waals surface area contributed by atoms with E-state index in [2.05, 4.69) is 6.58 Å². The molecule has 15 heteroatoms. The monoisotopic (exact) mass is 471 g/mol. The third-order valence-corrected chi connectivity index (χ3v) is 5.03. The summed E-state index contributed by atoms with van der Waals surface area (Å²) in [6.45, 7) is 2.84. The van der Waals surface area contributed by atoms with Gasteiger partial charge in [-0.15, -0.1) is 0 Å². The molecule has 0 radical (unpaired) electrons. The molecule has 2 nitrogen and oxygen atoms in total. The molecule has 1 aliphatic heterocycles. The van der Waals surface area contributed by atoms with Crippen LogP contribution < -0.4 is 0 Å². The average Bonchev–Trinajstić information content (AvgIpc) is 3.05. The number of carbonyl (C=O) groups excluding carboxylic acids is 1. The summed E-state index contributed by atoms with van der Waals surface area (Å²) < 4.78 is 174. The van der Waals surface area contributed by atoms with Crippen LogP contribution in [-0.4, -0.2) is 58.7 Å². The maximum absolute atomic E-state index is 14.7. The van der Waals surface area contributed by atoms with Crippen molar-refractivity contribution in [2.75, 3.05) is 6.54 Å². The molecule has 1 saturated heterocycles. The van der Waals surface area contributed by atoms with E-state index in [1.807, 2.05) is 0 Å². The predicted molar refractivity (Wildman–Crippen MR) is 75.0 cm³/mol. The lowest BCUT2D eigenvalue weighted by Gasteiger charge is -2.48. The minimum atomic E-state index is -7.97. The van der Waals surface area contributed by atoms with Gasteiger partial charge in [-0.1, -0.05) is 13.5 Å². The molecule has 0 aromatic carbocycles. The molecule has 30 heavy (non-hydrogen) atoms. The Morgan fingerprint density at radius 3 is 1.67 bits per heavy atom. The Balaban J connectivity index is 3.70. The molecular weight excluding hydrogens is 457 g/mol. The molecule has 0 aromatic heterocycles. The molecule has 176 valence electrons. The van der Waals surface area contributed by atoms with Gasteiger partial charge in [0, 0.05) is 6.54 Å². The largest absolute Gasteiger partial charge is 0.460 e. The summed E-state index contributed by atoms with van der Waals surface area (Å²) in [7, 11) is 0. The van der Waals surface area contributed by atoms with Crippen molar-refractivity contribution in [3.05, 3.63) is 12.7 Å². The van der Waals surface area contributed by atoms with Gasteiger partial charge in [-0.2, -0.15) is 57.1 Å². The number of halogens is 13. The molecule has 0 saturated carbocycles. The topological polar surface area (TPSA) is 20.3 Å². The average molecular weight is 471 g/mol. The zero-order chi connectivity index (χ0) is 24.2. The maximum Gasteiger partial charge on any atom is 0.460 e. The van der Waals surface area contributed by atoms with E-state index in [1.165, 1.54) is 0 Å². The van der Waals surface area contributed by atoms with Gasteiger partial charge in [-0.25, -0.2) is 0 Å². The summed E-state index contributed by atoms with van der Waals surface area (Å²) in [5, 5.41) is 0. The highest BCUT2D eigenvalue weighted by atomic mass is 19.4. The van der Waals surface area contributed by atoms with E-state index in [-0.39, 0.29) is 4.90 Å².